The lowest BCUT2D eigenvalue weighted by molar-refractivity contribution is -0.384. The van der Waals surface area contributed by atoms with Crippen LogP contribution in [0.1, 0.15) is 26.5 Å². The van der Waals surface area contributed by atoms with Crippen molar-refractivity contribution in [2.75, 3.05) is 6.61 Å². The van der Waals surface area contributed by atoms with Crippen LogP contribution in [-0.2, 0) is 4.74 Å². The van der Waals surface area contributed by atoms with Gasteiger partial charge in [0, 0.05) is 23.3 Å². The number of carbonyl (C=O) groups excluding carboxylic acids is 2. The van der Waals surface area contributed by atoms with Gasteiger partial charge in [0.25, 0.3) is 5.69 Å². The third-order valence-corrected chi connectivity index (χ3v) is 3.85. The Labute approximate surface area is 153 Å². The third-order valence-electron chi connectivity index (χ3n) is 3.85. The zero-order valence-electron chi connectivity index (χ0n) is 14.2. The number of nitro groups is 1. The molecule has 0 radical (unpaired) electrons. The van der Waals surface area contributed by atoms with Gasteiger partial charge in [-0.05, 0) is 19.1 Å². The second-order valence-electron chi connectivity index (χ2n) is 5.63. The lowest BCUT2D eigenvalue weighted by Crippen LogP contribution is -2.15. The highest BCUT2D eigenvalue weighted by Gasteiger charge is 2.23. The molecule has 3 rings (SSSR count). The average Bonchev–Trinajstić information content (AvgIpc) is 3.08. The van der Waals surface area contributed by atoms with Crippen LogP contribution in [0.3, 0.4) is 0 Å². The van der Waals surface area contributed by atoms with Crippen molar-refractivity contribution in [3.8, 4) is 11.3 Å². The summed E-state index contributed by atoms with van der Waals surface area (Å²) >= 11 is 0. The lowest BCUT2D eigenvalue weighted by atomic mass is 10.1. The van der Waals surface area contributed by atoms with Crippen LogP contribution in [0.2, 0.25) is 0 Å². The standard InChI is InChI=1S/C19H14N2O6/c1-12-17(18(20-27-12)14-5-3-2-4-6-14)19(23)26-11-16(22)13-7-9-15(10-8-13)21(24)25/h2-10H,11H2,1H3. The highest BCUT2D eigenvalue weighted by atomic mass is 16.6. The number of aromatic nitrogens is 1. The largest absolute Gasteiger partial charge is 0.454 e. The molecule has 0 N–H and O–H groups in total. The van der Waals surface area contributed by atoms with Gasteiger partial charge < -0.3 is 9.26 Å². The van der Waals surface area contributed by atoms with Gasteiger partial charge in [-0.3, -0.25) is 14.9 Å². The minimum atomic E-state index is -0.733. The van der Waals surface area contributed by atoms with Gasteiger partial charge in [0.2, 0.25) is 0 Å². The molecule has 27 heavy (non-hydrogen) atoms. The molecule has 0 aliphatic heterocycles. The molecule has 0 atom stereocenters. The highest BCUT2D eigenvalue weighted by Crippen LogP contribution is 2.25. The van der Waals surface area contributed by atoms with Crippen molar-refractivity contribution in [3.63, 3.8) is 0 Å². The zero-order chi connectivity index (χ0) is 19.4. The molecule has 8 nitrogen and oxygen atoms in total. The summed E-state index contributed by atoms with van der Waals surface area (Å²) in [6, 6.07) is 14.0. The molecule has 0 bridgehead atoms. The maximum absolute atomic E-state index is 12.4. The number of non-ortho nitro benzene ring substituents is 1. The van der Waals surface area contributed by atoms with Crippen molar-refractivity contribution in [1.29, 1.82) is 0 Å². The maximum atomic E-state index is 12.4. The molecule has 1 heterocycles. The van der Waals surface area contributed by atoms with E-state index in [-0.39, 0.29) is 22.6 Å². The van der Waals surface area contributed by atoms with E-state index in [1.807, 2.05) is 6.07 Å². The van der Waals surface area contributed by atoms with E-state index in [2.05, 4.69) is 5.16 Å². The van der Waals surface area contributed by atoms with Crippen LogP contribution < -0.4 is 0 Å². The van der Waals surface area contributed by atoms with Gasteiger partial charge in [-0.1, -0.05) is 35.5 Å². The lowest BCUT2D eigenvalue weighted by Gasteiger charge is -2.05. The van der Waals surface area contributed by atoms with Crippen LogP contribution in [0.25, 0.3) is 11.3 Å². The quantitative estimate of drug-likeness (QED) is 0.283. The molecular formula is C19H14N2O6. The summed E-state index contributed by atoms with van der Waals surface area (Å²) in [7, 11) is 0. The number of nitro benzene ring substituents is 1. The fourth-order valence-corrected chi connectivity index (χ4v) is 2.46. The van der Waals surface area contributed by atoms with E-state index in [1.165, 1.54) is 24.3 Å². The first-order valence-corrected chi connectivity index (χ1v) is 7.94. The first-order chi connectivity index (χ1) is 13.0. The monoisotopic (exact) mass is 366 g/mol. The van der Waals surface area contributed by atoms with Crippen molar-refractivity contribution < 1.29 is 23.8 Å². The molecule has 2 aromatic carbocycles. The number of hydrogen-bond acceptors (Lipinski definition) is 7. The summed E-state index contributed by atoms with van der Waals surface area (Å²) in [5.41, 5.74) is 1.25. The molecule has 0 saturated carbocycles. The second kappa shape index (κ2) is 7.61. The molecule has 3 aromatic rings. The third kappa shape index (κ3) is 3.90. The molecule has 1 aromatic heterocycles. The topological polar surface area (TPSA) is 113 Å². The SMILES string of the molecule is Cc1onc(-c2ccccc2)c1C(=O)OCC(=O)c1ccc([N+](=O)[O-])cc1. The van der Waals surface area contributed by atoms with E-state index in [0.29, 0.717) is 11.3 Å². The molecule has 0 aliphatic rings. The van der Waals surface area contributed by atoms with Crippen molar-refractivity contribution in [1.82, 2.24) is 5.16 Å². The number of esters is 1. The Balaban J connectivity index is 1.72. The Morgan fingerprint density at radius 3 is 2.41 bits per heavy atom. The van der Waals surface area contributed by atoms with Crippen LogP contribution in [0.15, 0.2) is 59.1 Å². The number of ether oxygens (including phenoxy) is 1. The fraction of sp³-hybridized carbons (Fsp3) is 0.105. The highest BCUT2D eigenvalue weighted by molar-refractivity contribution is 6.01. The van der Waals surface area contributed by atoms with E-state index in [4.69, 9.17) is 9.26 Å². The molecule has 0 amide bonds. The van der Waals surface area contributed by atoms with E-state index in [9.17, 15) is 19.7 Å². The predicted molar refractivity (Wildman–Crippen MR) is 94.4 cm³/mol. The van der Waals surface area contributed by atoms with Gasteiger partial charge in [0.1, 0.15) is 17.0 Å². The molecule has 136 valence electrons. The minimum absolute atomic E-state index is 0.129. The maximum Gasteiger partial charge on any atom is 0.344 e. The van der Waals surface area contributed by atoms with Crippen LogP contribution in [0.5, 0.6) is 0 Å². The molecule has 0 spiro atoms. The van der Waals surface area contributed by atoms with Crippen molar-refractivity contribution in [2.45, 2.75) is 6.92 Å². The number of aryl methyl sites for hydroxylation is 1. The van der Waals surface area contributed by atoms with E-state index < -0.39 is 23.3 Å². The summed E-state index contributed by atoms with van der Waals surface area (Å²) in [5, 5.41) is 14.5. The van der Waals surface area contributed by atoms with Crippen LogP contribution in [0.4, 0.5) is 5.69 Å². The summed E-state index contributed by atoms with van der Waals surface area (Å²) < 4.78 is 10.2. The fourth-order valence-electron chi connectivity index (χ4n) is 2.46. The first-order valence-electron chi connectivity index (χ1n) is 7.94. The number of ketones is 1. The molecular weight excluding hydrogens is 352 g/mol. The van der Waals surface area contributed by atoms with E-state index in [1.54, 1.807) is 31.2 Å². The van der Waals surface area contributed by atoms with Crippen LogP contribution in [-0.4, -0.2) is 28.4 Å². The normalized spacial score (nSPS) is 10.4. The number of rotatable bonds is 6. The van der Waals surface area contributed by atoms with Crippen molar-refractivity contribution in [2.24, 2.45) is 0 Å². The zero-order valence-corrected chi connectivity index (χ0v) is 14.2. The molecule has 0 aliphatic carbocycles. The first kappa shape index (κ1) is 18.0. The Morgan fingerprint density at radius 1 is 1.11 bits per heavy atom. The van der Waals surface area contributed by atoms with Crippen molar-refractivity contribution in [3.05, 3.63) is 81.6 Å². The number of benzene rings is 2. The average molecular weight is 366 g/mol. The Morgan fingerprint density at radius 2 is 1.78 bits per heavy atom. The van der Waals surface area contributed by atoms with Crippen LogP contribution in [0, 0.1) is 17.0 Å². The van der Waals surface area contributed by atoms with Gasteiger partial charge in [0.15, 0.2) is 12.4 Å². The predicted octanol–water partition coefficient (Wildman–Crippen LogP) is 3.60. The Kier molecular flexibility index (Phi) is 5.07. The number of carbonyl (C=O) groups is 2. The van der Waals surface area contributed by atoms with E-state index in [0.717, 1.165) is 0 Å². The molecule has 8 heteroatoms. The molecule has 0 unspecified atom stereocenters. The van der Waals surface area contributed by atoms with Gasteiger partial charge in [-0.15, -0.1) is 0 Å². The minimum Gasteiger partial charge on any atom is -0.454 e. The smallest absolute Gasteiger partial charge is 0.344 e. The van der Waals surface area contributed by atoms with Gasteiger partial charge >= 0.3 is 5.97 Å². The Hall–Kier alpha value is -3.81. The molecule has 0 saturated heterocycles. The second-order valence-corrected chi connectivity index (χ2v) is 5.63. The van der Waals surface area contributed by atoms with Crippen molar-refractivity contribution >= 4 is 17.4 Å². The van der Waals surface area contributed by atoms with Gasteiger partial charge in [0.05, 0.1) is 4.92 Å². The number of nitrogens with zero attached hydrogens (tertiary/aromatic N) is 2. The van der Waals surface area contributed by atoms with Crippen LogP contribution >= 0.6 is 0 Å². The number of hydrogen-bond donors (Lipinski definition) is 0. The van der Waals surface area contributed by atoms with Gasteiger partial charge in [-0.25, -0.2) is 4.79 Å². The Bertz CT molecular complexity index is 993. The summed E-state index contributed by atoms with van der Waals surface area (Å²) in [4.78, 5) is 34.7. The summed E-state index contributed by atoms with van der Waals surface area (Å²) in [5.74, 6) is -0.932. The summed E-state index contributed by atoms with van der Waals surface area (Å²) in [6.45, 7) is 1.07. The van der Waals surface area contributed by atoms with Gasteiger partial charge in [-0.2, -0.15) is 0 Å². The number of Topliss-reactive ketones (excluding diaryl/α,β-unsaturated/α-hetero) is 1. The van der Waals surface area contributed by atoms with E-state index >= 15 is 0 Å². The summed E-state index contributed by atoms with van der Waals surface area (Å²) in [6.07, 6.45) is 0. The molecule has 0 fully saturated rings.